The Bertz CT molecular complexity index is 1670. The summed E-state index contributed by atoms with van der Waals surface area (Å²) in [5.41, 5.74) is 4.91. The van der Waals surface area contributed by atoms with Crippen LogP contribution < -0.4 is 16.2 Å². The fraction of sp³-hybridized carbons (Fsp3) is 0.290. The minimum Gasteiger partial charge on any atom is -0.489 e. The van der Waals surface area contributed by atoms with Gasteiger partial charge in [0.05, 0.1) is 6.54 Å². The van der Waals surface area contributed by atoms with Gasteiger partial charge in [-0.25, -0.2) is 14.6 Å². The lowest BCUT2D eigenvalue weighted by molar-refractivity contribution is -0.128. The van der Waals surface area contributed by atoms with Crippen molar-refractivity contribution in [2.24, 2.45) is 0 Å². The first kappa shape index (κ1) is 27.7. The molecular formula is C31H32N4O6. The molecule has 0 saturated carbocycles. The second-order valence-electron chi connectivity index (χ2n) is 10.2. The van der Waals surface area contributed by atoms with Crippen LogP contribution in [0.15, 0.2) is 80.8 Å². The lowest BCUT2D eigenvalue weighted by atomic mass is 9.97. The van der Waals surface area contributed by atoms with Crippen LogP contribution in [0.3, 0.4) is 0 Å². The second kappa shape index (κ2) is 12.1. The maximum Gasteiger partial charge on any atom is 0.440 e. The lowest BCUT2D eigenvalue weighted by Crippen LogP contribution is -2.36. The Morgan fingerprint density at radius 1 is 0.902 bits per heavy atom. The zero-order valence-electron chi connectivity index (χ0n) is 23.1. The Labute approximate surface area is 236 Å². The predicted molar refractivity (Wildman–Crippen MR) is 153 cm³/mol. The number of benzene rings is 3. The van der Waals surface area contributed by atoms with E-state index in [4.69, 9.17) is 9.26 Å². The number of ether oxygens (including phenoxy) is 1. The van der Waals surface area contributed by atoms with Gasteiger partial charge in [0.25, 0.3) is 5.91 Å². The first-order chi connectivity index (χ1) is 19.8. The summed E-state index contributed by atoms with van der Waals surface area (Å²) >= 11 is 0. The molecule has 2 amide bonds. The molecule has 5 rings (SSSR count). The maximum absolute atomic E-state index is 13.2. The summed E-state index contributed by atoms with van der Waals surface area (Å²) in [7, 11) is 0. The van der Waals surface area contributed by atoms with Crippen molar-refractivity contribution in [3.63, 3.8) is 0 Å². The standard InChI is InChI=1S/C31H32N4O6/c1-21-17-26(29(37)34-14-4-13-33(15-16-34)22(2)36)9-12-28(21)25-6-3-5-24(18-25)20-40-27-10-7-23(8-11-27)19-35-30(38)32-31(39)41-35/h3,5-12,17-18H,4,13-16,19-20H2,1-2H3,(H,32,38,39). The van der Waals surface area contributed by atoms with Crippen molar-refractivity contribution in [3.8, 4) is 16.9 Å². The second-order valence-corrected chi connectivity index (χ2v) is 10.2. The van der Waals surface area contributed by atoms with Crippen LogP contribution in [0.25, 0.3) is 11.1 Å². The van der Waals surface area contributed by atoms with Gasteiger partial charge in [-0.2, -0.15) is 0 Å². The molecule has 0 radical (unpaired) electrons. The van der Waals surface area contributed by atoms with Crippen LogP contribution in [0, 0.1) is 6.92 Å². The normalized spacial score (nSPS) is 13.6. The molecule has 0 spiro atoms. The number of H-pyrrole nitrogens is 1. The summed E-state index contributed by atoms with van der Waals surface area (Å²) in [6.45, 7) is 6.49. The van der Waals surface area contributed by atoms with Crippen molar-refractivity contribution in [1.29, 1.82) is 0 Å². The molecule has 0 atom stereocenters. The molecule has 4 aromatic rings. The molecule has 1 aromatic heterocycles. The zero-order chi connectivity index (χ0) is 28.9. The largest absolute Gasteiger partial charge is 0.489 e. The lowest BCUT2D eigenvalue weighted by Gasteiger charge is -2.22. The number of aromatic amines is 1. The number of amides is 2. The average molecular weight is 557 g/mol. The Kier molecular flexibility index (Phi) is 8.19. The number of nitrogens with one attached hydrogen (secondary N) is 1. The molecule has 3 aromatic carbocycles. The van der Waals surface area contributed by atoms with Crippen LogP contribution >= 0.6 is 0 Å². The summed E-state index contributed by atoms with van der Waals surface area (Å²) < 4.78 is 11.7. The van der Waals surface area contributed by atoms with Crippen LogP contribution in [0.2, 0.25) is 0 Å². The summed E-state index contributed by atoms with van der Waals surface area (Å²) in [6, 6.07) is 21.1. The van der Waals surface area contributed by atoms with Gasteiger partial charge in [0.2, 0.25) is 5.91 Å². The molecule has 0 unspecified atom stereocenters. The van der Waals surface area contributed by atoms with Gasteiger partial charge in [-0.1, -0.05) is 36.4 Å². The number of aryl methyl sites for hydroxylation is 1. The molecule has 1 aliphatic heterocycles. The van der Waals surface area contributed by atoms with Crippen LogP contribution in [-0.4, -0.2) is 57.5 Å². The van der Waals surface area contributed by atoms with E-state index in [1.807, 2.05) is 60.4 Å². The van der Waals surface area contributed by atoms with Gasteiger partial charge in [0, 0.05) is 38.7 Å². The van der Waals surface area contributed by atoms with Gasteiger partial charge < -0.3 is 19.1 Å². The van der Waals surface area contributed by atoms with Gasteiger partial charge in [-0.3, -0.25) is 9.59 Å². The molecule has 0 bridgehead atoms. The Morgan fingerprint density at radius 3 is 2.37 bits per heavy atom. The number of nitrogens with zero attached hydrogens (tertiary/aromatic N) is 3. The Balaban J connectivity index is 1.22. The van der Waals surface area contributed by atoms with E-state index in [-0.39, 0.29) is 18.4 Å². The summed E-state index contributed by atoms with van der Waals surface area (Å²) in [4.78, 5) is 53.4. The quantitative estimate of drug-likeness (QED) is 0.373. The molecule has 41 heavy (non-hydrogen) atoms. The molecule has 1 N–H and O–H groups in total. The third-order valence-electron chi connectivity index (χ3n) is 7.22. The fourth-order valence-corrected chi connectivity index (χ4v) is 5.01. The van der Waals surface area contributed by atoms with Crippen LogP contribution in [0.1, 0.15) is 40.4 Å². The minimum absolute atomic E-state index is 0.0112. The van der Waals surface area contributed by atoms with Gasteiger partial charge in [-0.15, -0.1) is 4.74 Å². The molecule has 2 heterocycles. The molecule has 1 aliphatic rings. The monoisotopic (exact) mass is 556 g/mol. The number of rotatable bonds is 7. The van der Waals surface area contributed by atoms with Crippen LogP contribution in [0.5, 0.6) is 5.75 Å². The van der Waals surface area contributed by atoms with E-state index >= 15 is 0 Å². The van der Waals surface area contributed by atoms with Crippen LogP contribution in [0.4, 0.5) is 0 Å². The molecule has 1 fully saturated rings. The van der Waals surface area contributed by atoms with Crippen molar-refractivity contribution in [2.75, 3.05) is 26.2 Å². The molecule has 0 aliphatic carbocycles. The van der Waals surface area contributed by atoms with E-state index in [1.54, 1.807) is 24.0 Å². The molecule has 212 valence electrons. The topological polar surface area (TPSA) is 118 Å². The summed E-state index contributed by atoms with van der Waals surface area (Å²) in [5, 5.41) is 0. The highest BCUT2D eigenvalue weighted by Crippen LogP contribution is 2.26. The van der Waals surface area contributed by atoms with Gasteiger partial charge >= 0.3 is 11.4 Å². The fourth-order valence-electron chi connectivity index (χ4n) is 5.01. The number of hydrogen-bond donors (Lipinski definition) is 1. The number of carbonyl (C=O) groups excluding carboxylic acids is 2. The number of aromatic nitrogens is 2. The number of hydrogen-bond acceptors (Lipinski definition) is 6. The number of carbonyl (C=O) groups is 2. The van der Waals surface area contributed by atoms with Gasteiger partial charge in [-0.05, 0) is 71.5 Å². The van der Waals surface area contributed by atoms with E-state index in [2.05, 4.69) is 11.1 Å². The van der Waals surface area contributed by atoms with Crippen molar-refractivity contribution >= 4 is 11.8 Å². The van der Waals surface area contributed by atoms with E-state index < -0.39 is 11.4 Å². The van der Waals surface area contributed by atoms with E-state index in [0.717, 1.165) is 39.0 Å². The van der Waals surface area contributed by atoms with Crippen molar-refractivity contribution in [1.82, 2.24) is 19.5 Å². The van der Waals surface area contributed by atoms with Crippen molar-refractivity contribution < 1.29 is 18.8 Å². The average Bonchev–Trinajstić information content (AvgIpc) is 3.13. The zero-order valence-corrected chi connectivity index (χ0v) is 23.1. The smallest absolute Gasteiger partial charge is 0.440 e. The predicted octanol–water partition coefficient (Wildman–Crippen LogP) is 3.43. The highest BCUT2D eigenvalue weighted by Gasteiger charge is 2.22. The van der Waals surface area contributed by atoms with Gasteiger partial charge in [0.15, 0.2) is 0 Å². The highest BCUT2D eigenvalue weighted by atomic mass is 16.5. The molecule has 10 nitrogen and oxygen atoms in total. The minimum atomic E-state index is -0.784. The maximum atomic E-state index is 13.2. The first-order valence-electron chi connectivity index (χ1n) is 13.5. The van der Waals surface area contributed by atoms with Crippen molar-refractivity contribution in [2.45, 2.75) is 33.4 Å². The van der Waals surface area contributed by atoms with Gasteiger partial charge in [0.1, 0.15) is 12.4 Å². The van der Waals surface area contributed by atoms with E-state index in [1.165, 1.54) is 0 Å². The SMILES string of the molecule is CC(=O)N1CCCN(C(=O)c2ccc(-c3cccc(COc4ccc(Cn5oc(=O)[nH]c5=O)cc4)c3)c(C)c2)CC1. The molecule has 1 saturated heterocycles. The Morgan fingerprint density at radius 2 is 1.66 bits per heavy atom. The van der Waals surface area contributed by atoms with E-state index in [0.29, 0.717) is 44.1 Å². The third-order valence-corrected chi connectivity index (χ3v) is 7.22. The van der Waals surface area contributed by atoms with Crippen molar-refractivity contribution in [3.05, 3.63) is 110 Å². The van der Waals surface area contributed by atoms with E-state index in [9.17, 15) is 19.2 Å². The first-order valence-corrected chi connectivity index (χ1v) is 13.5. The summed E-state index contributed by atoms with van der Waals surface area (Å²) in [6.07, 6.45) is 0.774. The Hall–Kier alpha value is -4.86. The molecule has 10 heteroatoms. The summed E-state index contributed by atoms with van der Waals surface area (Å²) in [5.74, 6) is -0.0818. The van der Waals surface area contributed by atoms with Crippen LogP contribution in [-0.2, 0) is 17.9 Å². The highest BCUT2D eigenvalue weighted by molar-refractivity contribution is 5.95. The molecular weight excluding hydrogens is 524 g/mol. The third kappa shape index (κ3) is 6.66.